The molecule has 0 amide bonds. The van der Waals surface area contributed by atoms with Gasteiger partial charge in [0.15, 0.2) is 0 Å². The van der Waals surface area contributed by atoms with Gasteiger partial charge in [-0.15, -0.1) is 0 Å². The summed E-state index contributed by atoms with van der Waals surface area (Å²) in [7, 11) is 0. The smallest absolute Gasteiger partial charge is 0.0621 e. The number of hydrogen-bond acceptors (Lipinski definition) is 2. The Balaban J connectivity index is 1.97. The Hall–Kier alpha value is -0.640. The molecule has 3 heteroatoms. The minimum absolute atomic E-state index is 0.312. The lowest BCUT2D eigenvalue weighted by Crippen LogP contribution is -2.13. The maximum absolute atomic E-state index is 9.98. The summed E-state index contributed by atoms with van der Waals surface area (Å²) in [5.41, 5.74) is 2.37. The summed E-state index contributed by atoms with van der Waals surface area (Å²) in [4.78, 5) is 0. The average molecular weight is 297 g/mol. The maximum atomic E-state index is 9.98. The summed E-state index contributed by atoms with van der Waals surface area (Å²) in [6.45, 7) is 0. The molecular weight excluding hydrogens is 284 g/mol. The van der Waals surface area contributed by atoms with Crippen molar-refractivity contribution in [1.29, 1.82) is 0 Å². The molecular formula is C13H13BrOS. The number of rotatable bonds is 4. The third kappa shape index (κ3) is 3.17. The molecule has 0 aliphatic rings. The van der Waals surface area contributed by atoms with E-state index >= 15 is 0 Å². The van der Waals surface area contributed by atoms with E-state index in [1.54, 1.807) is 11.3 Å². The molecule has 0 bridgehead atoms. The molecule has 0 radical (unpaired) electrons. The highest BCUT2D eigenvalue weighted by Gasteiger charge is 2.09. The van der Waals surface area contributed by atoms with E-state index in [2.05, 4.69) is 27.4 Å². The topological polar surface area (TPSA) is 20.2 Å². The lowest BCUT2D eigenvalue weighted by molar-refractivity contribution is 0.175. The lowest BCUT2D eigenvalue weighted by Gasteiger charge is -2.10. The average Bonchev–Trinajstić information content (AvgIpc) is 2.74. The van der Waals surface area contributed by atoms with Gasteiger partial charge in [-0.1, -0.05) is 34.1 Å². The van der Waals surface area contributed by atoms with E-state index in [4.69, 9.17) is 0 Å². The van der Waals surface area contributed by atoms with E-state index in [0.717, 1.165) is 16.5 Å². The van der Waals surface area contributed by atoms with Crippen LogP contribution < -0.4 is 0 Å². The van der Waals surface area contributed by atoms with E-state index in [0.29, 0.717) is 6.42 Å². The summed E-state index contributed by atoms with van der Waals surface area (Å²) >= 11 is 5.16. The summed E-state index contributed by atoms with van der Waals surface area (Å²) in [6, 6.07) is 10.1. The highest BCUT2D eigenvalue weighted by Crippen LogP contribution is 2.19. The van der Waals surface area contributed by atoms with Gasteiger partial charge in [0.1, 0.15) is 0 Å². The molecule has 16 heavy (non-hydrogen) atoms. The first-order valence-electron chi connectivity index (χ1n) is 5.18. The second-order valence-electron chi connectivity index (χ2n) is 3.79. The first-order chi connectivity index (χ1) is 7.75. The molecule has 1 unspecified atom stereocenters. The highest BCUT2D eigenvalue weighted by atomic mass is 79.9. The van der Waals surface area contributed by atoms with Gasteiger partial charge in [0.25, 0.3) is 0 Å². The standard InChI is InChI=1S/C13H13BrOS/c14-13-4-2-1-3-11(13)8-12(15)7-10-5-6-16-9-10/h1-6,9,12,15H,7-8H2. The van der Waals surface area contributed by atoms with Gasteiger partial charge in [0.05, 0.1) is 6.10 Å². The largest absolute Gasteiger partial charge is 0.392 e. The minimum Gasteiger partial charge on any atom is -0.392 e. The van der Waals surface area contributed by atoms with Crippen LogP contribution in [0.1, 0.15) is 11.1 Å². The van der Waals surface area contributed by atoms with Crippen molar-refractivity contribution >= 4 is 27.3 Å². The Labute approximate surface area is 108 Å². The monoisotopic (exact) mass is 296 g/mol. The van der Waals surface area contributed by atoms with Crippen LogP contribution in [0.3, 0.4) is 0 Å². The molecule has 1 heterocycles. The predicted octanol–water partition coefficient (Wildman–Crippen LogP) is 3.66. The van der Waals surface area contributed by atoms with Crippen molar-refractivity contribution in [2.75, 3.05) is 0 Å². The number of aliphatic hydroxyl groups is 1. The fraction of sp³-hybridized carbons (Fsp3) is 0.231. The SMILES string of the molecule is OC(Cc1ccsc1)Cc1ccccc1Br. The Kier molecular flexibility index (Phi) is 4.16. The zero-order chi connectivity index (χ0) is 11.4. The quantitative estimate of drug-likeness (QED) is 0.913. The van der Waals surface area contributed by atoms with Crippen molar-refractivity contribution in [3.8, 4) is 0 Å². The van der Waals surface area contributed by atoms with Crippen LogP contribution in [0.4, 0.5) is 0 Å². The molecule has 84 valence electrons. The molecule has 1 aromatic carbocycles. The number of hydrogen-bond donors (Lipinski definition) is 1. The van der Waals surface area contributed by atoms with Gasteiger partial charge in [0, 0.05) is 4.47 Å². The summed E-state index contributed by atoms with van der Waals surface area (Å²) in [6.07, 6.45) is 1.11. The van der Waals surface area contributed by atoms with Crippen LogP contribution in [-0.4, -0.2) is 11.2 Å². The number of thiophene rings is 1. The molecule has 0 aliphatic heterocycles. The van der Waals surface area contributed by atoms with Crippen LogP contribution in [-0.2, 0) is 12.8 Å². The van der Waals surface area contributed by atoms with Gasteiger partial charge in [-0.2, -0.15) is 11.3 Å². The molecule has 1 atom stereocenters. The third-order valence-corrected chi connectivity index (χ3v) is 3.97. The molecule has 0 saturated heterocycles. The zero-order valence-electron chi connectivity index (χ0n) is 8.77. The second-order valence-corrected chi connectivity index (χ2v) is 5.42. The van der Waals surface area contributed by atoms with Crippen molar-refractivity contribution in [1.82, 2.24) is 0 Å². The Morgan fingerprint density at radius 2 is 2.00 bits per heavy atom. The predicted molar refractivity (Wildman–Crippen MR) is 71.9 cm³/mol. The van der Waals surface area contributed by atoms with Crippen molar-refractivity contribution < 1.29 is 5.11 Å². The highest BCUT2D eigenvalue weighted by molar-refractivity contribution is 9.10. The second kappa shape index (κ2) is 5.62. The molecule has 0 fully saturated rings. The first kappa shape index (κ1) is 11.8. The minimum atomic E-state index is -0.312. The van der Waals surface area contributed by atoms with E-state index in [1.807, 2.05) is 29.6 Å². The summed E-state index contributed by atoms with van der Waals surface area (Å²) in [5, 5.41) is 14.1. The van der Waals surface area contributed by atoms with Crippen LogP contribution >= 0.6 is 27.3 Å². The van der Waals surface area contributed by atoms with Gasteiger partial charge in [-0.25, -0.2) is 0 Å². The molecule has 0 aliphatic carbocycles. The third-order valence-electron chi connectivity index (χ3n) is 2.46. The molecule has 1 N–H and O–H groups in total. The Morgan fingerprint density at radius 1 is 1.19 bits per heavy atom. The van der Waals surface area contributed by atoms with Crippen molar-refractivity contribution in [3.05, 3.63) is 56.7 Å². The molecule has 0 spiro atoms. The van der Waals surface area contributed by atoms with Crippen molar-refractivity contribution in [2.45, 2.75) is 18.9 Å². The van der Waals surface area contributed by atoms with Crippen LogP contribution in [0.5, 0.6) is 0 Å². The van der Waals surface area contributed by atoms with Gasteiger partial charge in [-0.3, -0.25) is 0 Å². The molecule has 0 saturated carbocycles. The zero-order valence-corrected chi connectivity index (χ0v) is 11.2. The fourth-order valence-corrected chi connectivity index (χ4v) is 2.80. The first-order valence-corrected chi connectivity index (χ1v) is 6.92. The van der Waals surface area contributed by atoms with Gasteiger partial charge >= 0.3 is 0 Å². The van der Waals surface area contributed by atoms with Crippen LogP contribution in [0.2, 0.25) is 0 Å². The van der Waals surface area contributed by atoms with E-state index in [-0.39, 0.29) is 6.10 Å². The number of halogens is 1. The van der Waals surface area contributed by atoms with Crippen LogP contribution in [0.15, 0.2) is 45.6 Å². The van der Waals surface area contributed by atoms with Crippen molar-refractivity contribution in [2.24, 2.45) is 0 Å². The molecule has 1 aromatic heterocycles. The fourth-order valence-electron chi connectivity index (χ4n) is 1.67. The van der Waals surface area contributed by atoms with E-state index in [1.165, 1.54) is 5.56 Å². The number of benzene rings is 1. The van der Waals surface area contributed by atoms with Crippen LogP contribution in [0.25, 0.3) is 0 Å². The van der Waals surface area contributed by atoms with Gasteiger partial charge < -0.3 is 5.11 Å². The lowest BCUT2D eigenvalue weighted by atomic mass is 10.0. The van der Waals surface area contributed by atoms with Crippen molar-refractivity contribution in [3.63, 3.8) is 0 Å². The Bertz CT molecular complexity index is 439. The van der Waals surface area contributed by atoms with Gasteiger partial charge in [0.2, 0.25) is 0 Å². The normalized spacial score (nSPS) is 12.6. The maximum Gasteiger partial charge on any atom is 0.0621 e. The molecule has 1 nitrogen and oxygen atoms in total. The van der Waals surface area contributed by atoms with Gasteiger partial charge in [-0.05, 0) is 46.9 Å². The van der Waals surface area contributed by atoms with E-state index in [9.17, 15) is 5.11 Å². The number of aliphatic hydroxyl groups excluding tert-OH is 1. The van der Waals surface area contributed by atoms with E-state index < -0.39 is 0 Å². The molecule has 2 rings (SSSR count). The molecule has 2 aromatic rings. The summed E-state index contributed by atoms with van der Waals surface area (Å²) < 4.78 is 1.07. The Morgan fingerprint density at radius 3 is 2.69 bits per heavy atom. The summed E-state index contributed by atoms with van der Waals surface area (Å²) in [5.74, 6) is 0. The van der Waals surface area contributed by atoms with Crippen LogP contribution in [0, 0.1) is 0 Å².